The number of hydrogen-bond acceptors (Lipinski definition) is 0. The predicted octanol–water partition coefficient (Wildman–Crippen LogP) is 6.23. The Labute approximate surface area is 130 Å². The molecule has 0 bridgehead atoms. The Hall–Kier alpha value is -1.04. The van der Waals surface area contributed by atoms with Gasteiger partial charge in [-0.2, -0.15) is 0 Å². The molecule has 0 heteroatoms. The van der Waals surface area contributed by atoms with Crippen LogP contribution in [-0.2, 0) is 0 Å². The summed E-state index contributed by atoms with van der Waals surface area (Å²) in [5.74, 6) is 3.34. The molecule has 0 amide bonds. The minimum atomic E-state index is 0.778. The smallest absolute Gasteiger partial charge is 0.0126 e. The van der Waals surface area contributed by atoms with Gasteiger partial charge in [0.1, 0.15) is 0 Å². The molecule has 114 valence electrons. The zero-order valence-electron chi connectivity index (χ0n) is 14.4. The van der Waals surface area contributed by atoms with E-state index in [1.807, 2.05) is 0 Å². The van der Waals surface area contributed by atoms with Crippen LogP contribution in [0.2, 0.25) is 0 Å². The third-order valence-corrected chi connectivity index (χ3v) is 5.96. The van der Waals surface area contributed by atoms with Crippen LogP contribution >= 0.6 is 0 Å². The Kier molecular flexibility index (Phi) is 3.99. The van der Waals surface area contributed by atoms with Crippen LogP contribution in [0, 0.1) is 23.7 Å². The van der Waals surface area contributed by atoms with Crippen LogP contribution in [-0.4, -0.2) is 0 Å². The van der Waals surface area contributed by atoms with Gasteiger partial charge < -0.3 is 0 Å². The molecule has 3 aliphatic rings. The van der Waals surface area contributed by atoms with Crippen molar-refractivity contribution >= 4 is 0 Å². The van der Waals surface area contributed by atoms with Gasteiger partial charge >= 0.3 is 0 Å². The highest BCUT2D eigenvalue weighted by Crippen LogP contribution is 2.46. The predicted molar refractivity (Wildman–Crippen MR) is 92.1 cm³/mol. The lowest BCUT2D eigenvalue weighted by atomic mass is 9.67. The first-order valence-electron chi connectivity index (χ1n) is 8.78. The summed E-state index contributed by atoms with van der Waals surface area (Å²) in [7, 11) is 0. The lowest BCUT2D eigenvalue weighted by Gasteiger charge is -2.38. The second kappa shape index (κ2) is 5.63. The summed E-state index contributed by atoms with van der Waals surface area (Å²) >= 11 is 0. The molecule has 0 heterocycles. The van der Waals surface area contributed by atoms with Crippen molar-refractivity contribution in [1.82, 2.24) is 0 Å². The molecule has 0 radical (unpaired) electrons. The van der Waals surface area contributed by atoms with E-state index in [-0.39, 0.29) is 0 Å². The van der Waals surface area contributed by atoms with Gasteiger partial charge in [0, 0.05) is 0 Å². The van der Waals surface area contributed by atoms with Gasteiger partial charge in [0.25, 0.3) is 0 Å². The minimum absolute atomic E-state index is 0.778. The van der Waals surface area contributed by atoms with Gasteiger partial charge in [0.05, 0.1) is 0 Å². The topological polar surface area (TPSA) is 0 Å². The summed E-state index contributed by atoms with van der Waals surface area (Å²) in [4.78, 5) is 0. The normalized spacial score (nSPS) is 32.9. The monoisotopic (exact) mass is 282 g/mol. The Morgan fingerprint density at radius 3 is 2.52 bits per heavy atom. The van der Waals surface area contributed by atoms with E-state index in [0.29, 0.717) is 0 Å². The fourth-order valence-corrected chi connectivity index (χ4v) is 4.54. The van der Waals surface area contributed by atoms with Gasteiger partial charge in [0.15, 0.2) is 0 Å². The standard InChI is InChI=1S/C21H30/c1-13(2)18-9-6-14(3)10-21(18)17-11-19-15(4)7-8-16(5)20(19)12-17/h7,11-14,18,21H,6,8-10H2,1-5H3/t14-,18+,21-/m0/s1. The fraction of sp³-hybridized carbons (Fsp3) is 0.619. The molecule has 1 saturated carbocycles. The Morgan fingerprint density at radius 1 is 1.10 bits per heavy atom. The summed E-state index contributed by atoms with van der Waals surface area (Å²) in [6.45, 7) is 11.8. The van der Waals surface area contributed by atoms with Crippen LogP contribution in [0.1, 0.15) is 60.3 Å². The third-order valence-electron chi connectivity index (χ3n) is 5.96. The van der Waals surface area contributed by atoms with Gasteiger partial charge in [-0.1, -0.05) is 51.0 Å². The highest BCUT2D eigenvalue weighted by Gasteiger charge is 2.34. The number of rotatable bonds is 2. The molecule has 0 aliphatic heterocycles. The van der Waals surface area contributed by atoms with Gasteiger partial charge in [-0.3, -0.25) is 0 Å². The highest BCUT2D eigenvalue weighted by atomic mass is 14.4. The molecule has 0 aromatic heterocycles. The summed E-state index contributed by atoms with van der Waals surface area (Å²) in [5, 5.41) is 0. The SMILES string of the molecule is CC1=CCC(C)=C2C=C([C@@H]3C[C@@H](C)CC[C@@H]3C(C)C)C=C12. The summed E-state index contributed by atoms with van der Waals surface area (Å²) in [6.07, 6.45) is 12.8. The molecule has 0 spiro atoms. The first-order chi connectivity index (χ1) is 9.97. The molecule has 21 heavy (non-hydrogen) atoms. The molecule has 0 saturated heterocycles. The summed E-state index contributed by atoms with van der Waals surface area (Å²) < 4.78 is 0. The lowest BCUT2D eigenvalue weighted by molar-refractivity contribution is 0.173. The van der Waals surface area contributed by atoms with Crippen molar-refractivity contribution < 1.29 is 0 Å². The van der Waals surface area contributed by atoms with Crippen molar-refractivity contribution in [3.8, 4) is 0 Å². The first kappa shape index (κ1) is 14.9. The molecule has 0 N–H and O–H groups in total. The van der Waals surface area contributed by atoms with E-state index in [4.69, 9.17) is 0 Å². The summed E-state index contributed by atoms with van der Waals surface area (Å²) in [5.41, 5.74) is 7.69. The highest BCUT2D eigenvalue weighted by molar-refractivity contribution is 5.64. The lowest BCUT2D eigenvalue weighted by Crippen LogP contribution is -2.28. The van der Waals surface area contributed by atoms with Crippen LogP contribution in [0.3, 0.4) is 0 Å². The van der Waals surface area contributed by atoms with Crippen LogP contribution in [0.15, 0.2) is 46.1 Å². The molecular weight excluding hydrogens is 252 g/mol. The van der Waals surface area contributed by atoms with Crippen molar-refractivity contribution in [3.05, 3.63) is 46.1 Å². The maximum atomic E-state index is 2.53. The molecule has 3 aliphatic carbocycles. The van der Waals surface area contributed by atoms with E-state index in [1.54, 1.807) is 11.1 Å². The molecule has 1 fully saturated rings. The maximum Gasteiger partial charge on any atom is -0.0126 e. The average Bonchev–Trinajstić information content (AvgIpc) is 2.89. The van der Waals surface area contributed by atoms with Gasteiger partial charge in [-0.25, -0.2) is 0 Å². The quantitative estimate of drug-likeness (QED) is 0.563. The molecule has 0 aromatic carbocycles. The minimum Gasteiger partial charge on any atom is -0.0769 e. The van der Waals surface area contributed by atoms with Crippen molar-refractivity contribution in [2.24, 2.45) is 23.7 Å². The first-order valence-corrected chi connectivity index (χ1v) is 8.78. The van der Waals surface area contributed by atoms with Crippen molar-refractivity contribution in [3.63, 3.8) is 0 Å². The Bertz CT molecular complexity index is 551. The number of hydrogen-bond donors (Lipinski definition) is 0. The largest absolute Gasteiger partial charge is 0.0769 e. The van der Waals surface area contributed by atoms with E-state index in [1.165, 1.54) is 36.0 Å². The van der Waals surface area contributed by atoms with Crippen molar-refractivity contribution in [2.45, 2.75) is 60.3 Å². The van der Waals surface area contributed by atoms with E-state index in [9.17, 15) is 0 Å². The molecule has 0 aromatic rings. The van der Waals surface area contributed by atoms with Crippen molar-refractivity contribution in [2.75, 3.05) is 0 Å². The van der Waals surface area contributed by atoms with E-state index >= 15 is 0 Å². The van der Waals surface area contributed by atoms with Crippen LogP contribution < -0.4 is 0 Å². The zero-order valence-corrected chi connectivity index (χ0v) is 14.4. The maximum absolute atomic E-state index is 2.53. The van der Waals surface area contributed by atoms with E-state index in [2.05, 4.69) is 52.8 Å². The number of fused-ring (bicyclic) bond motifs is 1. The summed E-state index contributed by atoms with van der Waals surface area (Å²) in [6, 6.07) is 0. The van der Waals surface area contributed by atoms with E-state index in [0.717, 1.165) is 30.1 Å². The average molecular weight is 282 g/mol. The molecule has 0 nitrogen and oxygen atoms in total. The van der Waals surface area contributed by atoms with Crippen LogP contribution in [0.5, 0.6) is 0 Å². The molecule has 3 rings (SSSR count). The zero-order chi connectivity index (χ0) is 15.1. The molecule has 3 atom stereocenters. The van der Waals surface area contributed by atoms with Crippen LogP contribution in [0.4, 0.5) is 0 Å². The third kappa shape index (κ3) is 2.70. The van der Waals surface area contributed by atoms with Gasteiger partial charge in [0.2, 0.25) is 0 Å². The fourth-order valence-electron chi connectivity index (χ4n) is 4.54. The Morgan fingerprint density at radius 2 is 1.86 bits per heavy atom. The van der Waals surface area contributed by atoms with Crippen LogP contribution in [0.25, 0.3) is 0 Å². The van der Waals surface area contributed by atoms with Crippen molar-refractivity contribution in [1.29, 1.82) is 0 Å². The molecule has 0 unspecified atom stereocenters. The van der Waals surface area contributed by atoms with Gasteiger partial charge in [-0.15, -0.1) is 0 Å². The van der Waals surface area contributed by atoms with Gasteiger partial charge in [-0.05, 0) is 79.1 Å². The molecular formula is C21H30. The number of allylic oxidation sites excluding steroid dienone is 8. The second-order valence-corrected chi connectivity index (χ2v) is 7.92. The van der Waals surface area contributed by atoms with E-state index < -0.39 is 0 Å². The Balaban J connectivity index is 1.94. The second-order valence-electron chi connectivity index (χ2n) is 7.92.